The third kappa shape index (κ3) is 7.44. The van der Waals surface area contributed by atoms with Crippen molar-refractivity contribution in [1.29, 1.82) is 0 Å². The quantitative estimate of drug-likeness (QED) is 0.431. The molecule has 5 heteroatoms. The van der Waals surface area contributed by atoms with Crippen molar-refractivity contribution in [2.75, 3.05) is 0 Å². The van der Waals surface area contributed by atoms with Gasteiger partial charge in [0.25, 0.3) is 0 Å². The first-order valence-corrected chi connectivity index (χ1v) is 9.65. The van der Waals surface area contributed by atoms with Gasteiger partial charge in [0.15, 0.2) is 0 Å². The van der Waals surface area contributed by atoms with Gasteiger partial charge in [-0.25, -0.2) is 0 Å². The summed E-state index contributed by atoms with van der Waals surface area (Å²) in [5, 5.41) is 0. The van der Waals surface area contributed by atoms with Crippen LogP contribution in [0.4, 0.5) is 0 Å². The molecule has 0 bridgehead atoms. The summed E-state index contributed by atoms with van der Waals surface area (Å²) in [4.78, 5) is 0. The predicted octanol–water partition coefficient (Wildman–Crippen LogP) is 5.56. The van der Waals surface area contributed by atoms with Crippen LogP contribution in [0.2, 0.25) is 0 Å². The zero-order valence-electron chi connectivity index (χ0n) is 14.4. The SMILES string of the molecule is CC=C(C)[O][Ti]([O]C(C)=CC)([O]C(C)=CC)[O]C(C)=CC. The molecule has 0 aromatic carbocycles. The number of hydrogen-bond acceptors (Lipinski definition) is 4. The second-order valence-corrected chi connectivity index (χ2v) is 7.34. The van der Waals surface area contributed by atoms with Crippen molar-refractivity contribution >= 4 is 0 Å². The number of hydrogen-bond donors (Lipinski definition) is 0. The van der Waals surface area contributed by atoms with Crippen LogP contribution in [0.3, 0.4) is 0 Å². The number of rotatable bonds is 8. The Hall–Kier alpha value is -1.13. The van der Waals surface area contributed by atoms with Crippen LogP contribution < -0.4 is 0 Å². The first-order chi connectivity index (χ1) is 9.82. The maximum absolute atomic E-state index is 5.96. The van der Waals surface area contributed by atoms with Crippen LogP contribution in [0, 0.1) is 0 Å². The van der Waals surface area contributed by atoms with Crippen molar-refractivity contribution in [2.24, 2.45) is 0 Å². The summed E-state index contributed by atoms with van der Waals surface area (Å²) in [6.07, 6.45) is 7.43. The van der Waals surface area contributed by atoms with Crippen molar-refractivity contribution in [1.82, 2.24) is 0 Å². The molecule has 0 unspecified atom stereocenters. The Kier molecular flexibility index (Phi) is 9.22. The molecular weight excluding hydrogens is 304 g/mol. The molecule has 0 saturated heterocycles. The van der Waals surface area contributed by atoms with E-state index in [1.54, 1.807) is 0 Å². The van der Waals surface area contributed by atoms with Crippen LogP contribution in [-0.2, 0) is 31.4 Å². The molecule has 0 aromatic heterocycles. The second kappa shape index (κ2) is 9.75. The van der Waals surface area contributed by atoms with Gasteiger partial charge in [0, 0.05) is 0 Å². The van der Waals surface area contributed by atoms with Gasteiger partial charge in [0.1, 0.15) is 0 Å². The normalized spacial score (nSPS) is 17.1. The van der Waals surface area contributed by atoms with Crippen LogP contribution in [0.15, 0.2) is 47.3 Å². The zero-order chi connectivity index (χ0) is 16.5. The summed E-state index contributed by atoms with van der Waals surface area (Å²) in [5.41, 5.74) is 0. The van der Waals surface area contributed by atoms with Crippen LogP contribution in [0.5, 0.6) is 0 Å². The summed E-state index contributed by atoms with van der Waals surface area (Å²) in [5.74, 6) is 2.86. The van der Waals surface area contributed by atoms with Gasteiger partial charge in [0.2, 0.25) is 0 Å². The van der Waals surface area contributed by atoms with Gasteiger partial charge in [-0.15, -0.1) is 0 Å². The molecule has 21 heavy (non-hydrogen) atoms. The molecule has 0 saturated carbocycles. The van der Waals surface area contributed by atoms with Gasteiger partial charge < -0.3 is 0 Å². The van der Waals surface area contributed by atoms with E-state index in [0.717, 1.165) is 0 Å². The van der Waals surface area contributed by atoms with E-state index >= 15 is 0 Å². The van der Waals surface area contributed by atoms with Gasteiger partial charge in [0.05, 0.1) is 0 Å². The summed E-state index contributed by atoms with van der Waals surface area (Å²) < 4.78 is 23.9. The standard InChI is InChI=1S/4C4H8O.Ti/c4*1-3-4(2)5;/h4*3,5H,1-2H3;/q;;;;+4/p-4. The van der Waals surface area contributed by atoms with Gasteiger partial charge >= 0.3 is 134 Å². The Morgan fingerprint density at radius 1 is 0.524 bits per heavy atom. The van der Waals surface area contributed by atoms with Crippen molar-refractivity contribution in [3.05, 3.63) is 47.3 Å². The molecule has 0 rings (SSSR count). The summed E-state index contributed by atoms with van der Waals surface area (Å²) in [7, 11) is 0. The van der Waals surface area contributed by atoms with Gasteiger partial charge in [-0.2, -0.15) is 0 Å². The number of allylic oxidation sites excluding steroid dienone is 8. The Labute approximate surface area is 134 Å². The molecule has 0 spiro atoms. The molecule has 0 N–H and O–H groups in total. The van der Waals surface area contributed by atoms with E-state index in [-0.39, 0.29) is 0 Å². The minimum absolute atomic E-state index is 0.715. The van der Waals surface area contributed by atoms with E-state index in [1.807, 2.05) is 79.7 Å². The van der Waals surface area contributed by atoms with Crippen molar-refractivity contribution < 1.29 is 31.4 Å². The fraction of sp³-hybridized carbons (Fsp3) is 0.500. The third-order valence-electron chi connectivity index (χ3n) is 2.77. The first kappa shape index (κ1) is 19.9. The fourth-order valence-corrected chi connectivity index (χ4v) is 4.74. The van der Waals surface area contributed by atoms with E-state index < -0.39 is 18.1 Å². The summed E-state index contributed by atoms with van der Waals surface area (Å²) in [6.45, 7) is 15.0. The van der Waals surface area contributed by atoms with E-state index in [0.29, 0.717) is 23.0 Å². The maximum atomic E-state index is 5.96. The Bertz CT molecular complexity index is 362. The zero-order valence-corrected chi connectivity index (χ0v) is 16.0. The molecule has 0 aliphatic carbocycles. The molecule has 4 nitrogen and oxygen atoms in total. The molecule has 0 atom stereocenters. The monoisotopic (exact) mass is 332 g/mol. The Morgan fingerprint density at radius 2 is 0.714 bits per heavy atom. The van der Waals surface area contributed by atoms with E-state index in [9.17, 15) is 0 Å². The Morgan fingerprint density at radius 3 is 0.857 bits per heavy atom. The molecule has 0 fully saturated rings. The van der Waals surface area contributed by atoms with Gasteiger partial charge in [-0.05, 0) is 0 Å². The third-order valence-corrected chi connectivity index (χ3v) is 6.34. The molecule has 0 aromatic rings. The molecule has 0 aliphatic heterocycles. The average Bonchev–Trinajstić information content (AvgIpc) is 2.46. The van der Waals surface area contributed by atoms with Gasteiger partial charge in [-0.1, -0.05) is 0 Å². The van der Waals surface area contributed by atoms with Crippen LogP contribution in [0.1, 0.15) is 55.4 Å². The summed E-state index contributed by atoms with van der Waals surface area (Å²) >= 11 is -4.01. The second-order valence-electron chi connectivity index (χ2n) is 4.51. The first-order valence-electron chi connectivity index (χ1n) is 7.10. The average molecular weight is 332 g/mol. The van der Waals surface area contributed by atoms with Crippen molar-refractivity contribution in [2.45, 2.75) is 55.4 Å². The summed E-state index contributed by atoms with van der Waals surface area (Å²) in [6, 6.07) is 0. The molecule has 0 aliphatic rings. The van der Waals surface area contributed by atoms with Gasteiger partial charge in [-0.3, -0.25) is 0 Å². The van der Waals surface area contributed by atoms with E-state index in [4.69, 9.17) is 13.3 Å². The molecule has 0 heterocycles. The fourth-order valence-electron chi connectivity index (χ4n) is 1.15. The Balaban J connectivity index is 5.66. The van der Waals surface area contributed by atoms with Crippen LogP contribution >= 0.6 is 0 Å². The minimum atomic E-state index is -4.01. The molecule has 120 valence electrons. The molecular formula is C16H28O4Ti. The van der Waals surface area contributed by atoms with Crippen molar-refractivity contribution in [3.63, 3.8) is 0 Å². The molecule has 0 radical (unpaired) electrons. The molecule has 0 amide bonds. The van der Waals surface area contributed by atoms with E-state index in [2.05, 4.69) is 0 Å². The van der Waals surface area contributed by atoms with E-state index in [1.165, 1.54) is 0 Å². The van der Waals surface area contributed by atoms with Crippen LogP contribution in [0.25, 0.3) is 0 Å². The topological polar surface area (TPSA) is 36.9 Å². The predicted molar refractivity (Wildman–Crippen MR) is 82.1 cm³/mol. The van der Waals surface area contributed by atoms with Crippen molar-refractivity contribution in [3.8, 4) is 0 Å². The van der Waals surface area contributed by atoms with Crippen LogP contribution in [-0.4, -0.2) is 0 Å².